The minimum absolute atomic E-state index is 0.588. The molecule has 2 aromatic carbocycles. The smallest absolute Gasteiger partial charge is 0.00103 e. The normalized spacial score (nSPS) is 13.1. The van der Waals surface area contributed by atoms with Gasteiger partial charge in [-0.1, -0.05) is 63.2 Å². The van der Waals surface area contributed by atoms with E-state index < -0.39 is 0 Å². The van der Waals surface area contributed by atoms with E-state index in [1.165, 1.54) is 29.2 Å². The summed E-state index contributed by atoms with van der Waals surface area (Å²) in [5.41, 5.74) is 1.48. The summed E-state index contributed by atoms with van der Waals surface area (Å²) in [6.45, 7) is 7.87. The molecule has 102 valence electrons. The Kier molecular flexibility index (Phi) is 4.98. The van der Waals surface area contributed by atoms with Gasteiger partial charge in [0.15, 0.2) is 0 Å². The highest BCUT2D eigenvalue weighted by Crippen LogP contribution is 2.22. The number of nitrogens with one attached hydrogen (secondary N) is 1. The molecule has 0 radical (unpaired) electrons. The fourth-order valence-corrected chi connectivity index (χ4v) is 2.57. The average molecular weight is 255 g/mol. The molecule has 2 rings (SSSR count). The van der Waals surface area contributed by atoms with Gasteiger partial charge in [0.1, 0.15) is 0 Å². The number of hydrogen-bond donors (Lipinski definition) is 1. The van der Waals surface area contributed by atoms with E-state index in [0.717, 1.165) is 12.5 Å². The van der Waals surface area contributed by atoms with Crippen molar-refractivity contribution < 1.29 is 0 Å². The first-order chi connectivity index (χ1) is 9.16. The van der Waals surface area contributed by atoms with Gasteiger partial charge in [0.2, 0.25) is 0 Å². The van der Waals surface area contributed by atoms with Gasteiger partial charge in [-0.05, 0) is 41.6 Å². The molecule has 0 aromatic heterocycles. The van der Waals surface area contributed by atoms with Gasteiger partial charge in [-0.2, -0.15) is 0 Å². The molecular formula is C18H25N. The Morgan fingerprint density at radius 2 is 1.68 bits per heavy atom. The Morgan fingerprint density at radius 1 is 0.947 bits per heavy atom. The molecule has 0 spiro atoms. The van der Waals surface area contributed by atoms with Gasteiger partial charge in [-0.3, -0.25) is 0 Å². The quantitative estimate of drug-likeness (QED) is 0.806. The number of hydrogen-bond acceptors (Lipinski definition) is 1. The van der Waals surface area contributed by atoms with Crippen molar-refractivity contribution in [1.29, 1.82) is 0 Å². The molecule has 1 N–H and O–H groups in total. The van der Waals surface area contributed by atoms with E-state index >= 15 is 0 Å². The van der Waals surface area contributed by atoms with E-state index in [-0.39, 0.29) is 0 Å². The average Bonchev–Trinajstić information content (AvgIpc) is 2.39. The lowest BCUT2D eigenvalue weighted by Crippen LogP contribution is -2.25. The largest absolute Gasteiger partial charge is 0.315 e. The van der Waals surface area contributed by atoms with Gasteiger partial charge in [0.05, 0.1) is 0 Å². The van der Waals surface area contributed by atoms with Crippen LogP contribution >= 0.6 is 0 Å². The summed E-state index contributed by atoms with van der Waals surface area (Å²) in [7, 11) is 0. The first-order valence-corrected chi connectivity index (χ1v) is 7.37. The first-order valence-electron chi connectivity index (χ1n) is 7.37. The second-order valence-electron chi connectivity index (χ2n) is 5.85. The Bertz CT molecular complexity index is 511. The predicted molar refractivity (Wildman–Crippen MR) is 84.6 cm³/mol. The summed E-state index contributed by atoms with van der Waals surface area (Å²) < 4.78 is 0. The molecule has 0 aliphatic heterocycles. The van der Waals surface area contributed by atoms with Gasteiger partial charge in [-0.15, -0.1) is 0 Å². The maximum atomic E-state index is 3.50. The van der Waals surface area contributed by atoms with Crippen LogP contribution in [0.5, 0.6) is 0 Å². The molecule has 0 heterocycles. The second-order valence-corrected chi connectivity index (χ2v) is 5.85. The third-order valence-corrected chi connectivity index (χ3v) is 3.64. The predicted octanol–water partition coefficient (Wildman–Crippen LogP) is 4.41. The highest BCUT2D eigenvalue weighted by molar-refractivity contribution is 5.85. The van der Waals surface area contributed by atoms with Crippen molar-refractivity contribution in [1.82, 2.24) is 5.32 Å². The van der Waals surface area contributed by atoms with E-state index in [1.54, 1.807) is 0 Å². The lowest BCUT2D eigenvalue weighted by Gasteiger charge is -2.15. The highest BCUT2D eigenvalue weighted by atomic mass is 14.9. The Morgan fingerprint density at radius 3 is 2.47 bits per heavy atom. The van der Waals surface area contributed by atoms with Crippen LogP contribution in [-0.2, 0) is 6.42 Å². The summed E-state index contributed by atoms with van der Waals surface area (Å²) in [5.74, 6) is 0.719. The summed E-state index contributed by atoms with van der Waals surface area (Å²) in [6, 6.07) is 15.9. The molecule has 2 aromatic rings. The number of fused-ring (bicyclic) bond motifs is 1. The van der Waals surface area contributed by atoms with Crippen LogP contribution in [0.15, 0.2) is 42.5 Å². The fourth-order valence-electron chi connectivity index (χ4n) is 2.57. The molecular weight excluding hydrogens is 230 g/mol. The number of rotatable bonds is 6. The SMILES string of the molecule is CC(CCNC(C)C)Cc1cccc2ccccc12. The van der Waals surface area contributed by atoms with Crippen molar-refractivity contribution >= 4 is 10.8 Å². The summed E-state index contributed by atoms with van der Waals surface area (Å²) in [4.78, 5) is 0. The molecule has 1 heteroatoms. The van der Waals surface area contributed by atoms with Gasteiger partial charge in [-0.25, -0.2) is 0 Å². The van der Waals surface area contributed by atoms with Crippen LogP contribution < -0.4 is 5.32 Å². The van der Waals surface area contributed by atoms with E-state index in [4.69, 9.17) is 0 Å². The number of benzene rings is 2. The zero-order valence-corrected chi connectivity index (χ0v) is 12.3. The monoisotopic (exact) mass is 255 g/mol. The zero-order valence-electron chi connectivity index (χ0n) is 12.3. The lowest BCUT2D eigenvalue weighted by molar-refractivity contribution is 0.477. The molecule has 0 bridgehead atoms. The molecule has 19 heavy (non-hydrogen) atoms. The fraction of sp³-hybridized carbons (Fsp3) is 0.444. The molecule has 0 fully saturated rings. The molecule has 1 atom stereocenters. The first kappa shape index (κ1) is 14.1. The van der Waals surface area contributed by atoms with E-state index in [1.807, 2.05) is 0 Å². The van der Waals surface area contributed by atoms with Crippen molar-refractivity contribution in [3.05, 3.63) is 48.0 Å². The van der Waals surface area contributed by atoms with Crippen LogP contribution in [0.3, 0.4) is 0 Å². The minimum Gasteiger partial charge on any atom is -0.315 e. The third-order valence-electron chi connectivity index (χ3n) is 3.64. The third kappa shape index (κ3) is 4.07. The van der Waals surface area contributed by atoms with Crippen molar-refractivity contribution in [2.75, 3.05) is 6.54 Å². The maximum absolute atomic E-state index is 3.50. The van der Waals surface area contributed by atoms with Crippen molar-refractivity contribution in [2.24, 2.45) is 5.92 Å². The van der Waals surface area contributed by atoms with Crippen LogP contribution in [0.4, 0.5) is 0 Å². The summed E-state index contributed by atoms with van der Waals surface area (Å²) in [5, 5.41) is 6.26. The van der Waals surface area contributed by atoms with E-state index in [0.29, 0.717) is 6.04 Å². The standard InChI is InChI=1S/C18H25N/c1-14(2)19-12-11-15(3)13-17-9-6-8-16-7-4-5-10-18(16)17/h4-10,14-15,19H,11-13H2,1-3H3. The van der Waals surface area contributed by atoms with Crippen LogP contribution in [-0.4, -0.2) is 12.6 Å². The molecule has 0 saturated heterocycles. The van der Waals surface area contributed by atoms with Gasteiger partial charge in [0, 0.05) is 6.04 Å². The van der Waals surface area contributed by atoms with E-state index in [2.05, 4.69) is 68.6 Å². The molecule has 0 saturated carbocycles. The molecule has 0 amide bonds. The van der Waals surface area contributed by atoms with Crippen molar-refractivity contribution in [3.8, 4) is 0 Å². The van der Waals surface area contributed by atoms with Gasteiger partial charge < -0.3 is 5.32 Å². The highest BCUT2D eigenvalue weighted by Gasteiger charge is 2.06. The zero-order chi connectivity index (χ0) is 13.7. The van der Waals surface area contributed by atoms with Gasteiger partial charge in [0.25, 0.3) is 0 Å². The minimum atomic E-state index is 0.588. The van der Waals surface area contributed by atoms with Crippen LogP contribution in [0.1, 0.15) is 32.8 Å². The molecule has 1 unspecified atom stereocenters. The van der Waals surface area contributed by atoms with Crippen LogP contribution in [0, 0.1) is 5.92 Å². The van der Waals surface area contributed by atoms with E-state index in [9.17, 15) is 0 Å². The Hall–Kier alpha value is -1.34. The van der Waals surface area contributed by atoms with Gasteiger partial charge >= 0.3 is 0 Å². The van der Waals surface area contributed by atoms with Crippen LogP contribution in [0.25, 0.3) is 10.8 Å². The Labute approximate surface area is 117 Å². The summed E-state index contributed by atoms with van der Waals surface area (Å²) in [6.07, 6.45) is 2.41. The second kappa shape index (κ2) is 6.72. The molecule has 0 aliphatic rings. The van der Waals surface area contributed by atoms with Crippen LogP contribution in [0.2, 0.25) is 0 Å². The molecule has 0 aliphatic carbocycles. The summed E-state index contributed by atoms with van der Waals surface area (Å²) >= 11 is 0. The van der Waals surface area contributed by atoms with Crippen molar-refractivity contribution in [3.63, 3.8) is 0 Å². The Balaban J connectivity index is 2.00. The maximum Gasteiger partial charge on any atom is 0.00103 e. The molecule has 1 nitrogen and oxygen atoms in total. The van der Waals surface area contributed by atoms with Crippen molar-refractivity contribution in [2.45, 2.75) is 39.7 Å². The topological polar surface area (TPSA) is 12.0 Å². The lowest BCUT2D eigenvalue weighted by atomic mass is 9.94.